The lowest BCUT2D eigenvalue weighted by molar-refractivity contribution is 0.0950. The number of aromatic nitrogens is 2. The Morgan fingerprint density at radius 1 is 1.38 bits per heavy atom. The Morgan fingerprint density at radius 3 is 3.04 bits per heavy atom. The number of carbonyl (C=O) groups is 1. The number of nitrogens with zero attached hydrogens (tertiary/aromatic N) is 2. The van der Waals surface area contributed by atoms with Crippen molar-refractivity contribution in [2.24, 2.45) is 5.10 Å². The van der Waals surface area contributed by atoms with Crippen molar-refractivity contribution in [2.45, 2.75) is 6.92 Å². The van der Waals surface area contributed by atoms with Crippen LogP contribution in [0.5, 0.6) is 5.75 Å². The predicted octanol–water partition coefficient (Wildman–Crippen LogP) is 3.30. The van der Waals surface area contributed by atoms with Crippen molar-refractivity contribution in [2.75, 3.05) is 6.61 Å². The van der Waals surface area contributed by atoms with Crippen molar-refractivity contribution in [1.29, 1.82) is 0 Å². The van der Waals surface area contributed by atoms with Crippen LogP contribution in [0.2, 0.25) is 0 Å². The number of amides is 1. The van der Waals surface area contributed by atoms with Gasteiger partial charge in [-0.15, -0.1) is 11.3 Å². The summed E-state index contributed by atoms with van der Waals surface area (Å²) in [6, 6.07) is 13.1. The van der Waals surface area contributed by atoms with E-state index in [0.717, 1.165) is 21.9 Å². The molecular weight excluding hydrogens is 324 g/mol. The van der Waals surface area contributed by atoms with Gasteiger partial charge in [-0.05, 0) is 36.6 Å². The van der Waals surface area contributed by atoms with E-state index in [-0.39, 0.29) is 11.6 Å². The van der Waals surface area contributed by atoms with Gasteiger partial charge in [0.15, 0.2) is 5.69 Å². The summed E-state index contributed by atoms with van der Waals surface area (Å²) < 4.78 is 5.50. The van der Waals surface area contributed by atoms with Crippen molar-refractivity contribution < 1.29 is 9.53 Å². The first-order valence-corrected chi connectivity index (χ1v) is 8.30. The first-order valence-electron chi connectivity index (χ1n) is 7.42. The van der Waals surface area contributed by atoms with Crippen LogP contribution in [0.15, 0.2) is 52.9 Å². The van der Waals surface area contributed by atoms with Gasteiger partial charge in [-0.1, -0.05) is 18.2 Å². The Morgan fingerprint density at radius 2 is 2.25 bits per heavy atom. The number of thiophene rings is 1. The second-order valence-electron chi connectivity index (χ2n) is 4.81. The maximum absolute atomic E-state index is 12.1. The van der Waals surface area contributed by atoms with Crippen LogP contribution < -0.4 is 10.2 Å². The number of ether oxygens (including phenoxy) is 1. The van der Waals surface area contributed by atoms with Gasteiger partial charge in [0.1, 0.15) is 5.75 Å². The minimum absolute atomic E-state index is 0.286. The van der Waals surface area contributed by atoms with Crippen LogP contribution in [0.25, 0.3) is 10.6 Å². The van der Waals surface area contributed by atoms with E-state index < -0.39 is 0 Å². The summed E-state index contributed by atoms with van der Waals surface area (Å²) in [4.78, 5) is 13.1. The third-order valence-corrected chi connectivity index (χ3v) is 4.09. The molecule has 122 valence electrons. The fourth-order valence-electron chi connectivity index (χ4n) is 2.09. The van der Waals surface area contributed by atoms with E-state index in [9.17, 15) is 4.79 Å². The molecule has 0 radical (unpaired) electrons. The highest BCUT2D eigenvalue weighted by Gasteiger charge is 2.11. The lowest BCUT2D eigenvalue weighted by atomic mass is 10.2. The standard InChI is InChI=1S/C17H16N4O2S/c1-2-23-15-7-4-3-6-12(15)11-18-21-17(22)14-10-13(19-20-14)16-8-5-9-24-16/h3-11H,2H2,1H3,(H,19,20)(H,21,22)/b18-11+. The number of hydrogen-bond donors (Lipinski definition) is 2. The van der Waals surface area contributed by atoms with Gasteiger partial charge < -0.3 is 4.74 Å². The summed E-state index contributed by atoms with van der Waals surface area (Å²) in [5.41, 5.74) is 4.36. The van der Waals surface area contributed by atoms with Crippen molar-refractivity contribution in [3.8, 4) is 16.3 Å². The highest BCUT2D eigenvalue weighted by Crippen LogP contribution is 2.22. The number of carbonyl (C=O) groups excluding carboxylic acids is 1. The first-order chi connectivity index (χ1) is 11.8. The van der Waals surface area contributed by atoms with Crippen LogP contribution in [-0.2, 0) is 0 Å². The Labute approximate surface area is 143 Å². The molecule has 3 aromatic rings. The number of H-pyrrole nitrogens is 1. The summed E-state index contributed by atoms with van der Waals surface area (Å²) in [5, 5.41) is 12.8. The van der Waals surface area contributed by atoms with Crippen LogP contribution >= 0.6 is 11.3 Å². The van der Waals surface area contributed by atoms with E-state index >= 15 is 0 Å². The Bertz CT molecular complexity index is 840. The first kappa shape index (κ1) is 15.9. The van der Waals surface area contributed by atoms with Crippen molar-refractivity contribution in [1.82, 2.24) is 15.6 Å². The lowest BCUT2D eigenvalue weighted by Crippen LogP contribution is -2.18. The molecule has 0 spiro atoms. The van der Waals surface area contributed by atoms with Gasteiger partial charge in [-0.2, -0.15) is 10.2 Å². The van der Waals surface area contributed by atoms with Gasteiger partial charge in [0, 0.05) is 5.56 Å². The van der Waals surface area contributed by atoms with Gasteiger partial charge in [-0.3, -0.25) is 9.89 Å². The van der Waals surface area contributed by atoms with Gasteiger partial charge in [-0.25, -0.2) is 5.43 Å². The zero-order valence-electron chi connectivity index (χ0n) is 13.0. The fraction of sp³-hybridized carbons (Fsp3) is 0.118. The van der Waals surface area contributed by atoms with Crippen molar-refractivity contribution in [3.05, 3.63) is 59.1 Å². The third kappa shape index (κ3) is 3.69. The molecular formula is C17H16N4O2S. The third-order valence-electron chi connectivity index (χ3n) is 3.19. The number of nitrogens with one attached hydrogen (secondary N) is 2. The van der Waals surface area contributed by atoms with Crippen molar-refractivity contribution in [3.63, 3.8) is 0 Å². The molecule has 0 bridgehead atoms. The molecule has 0 aliphatic carbocycles. The number of rotatable bonds is 6. The second kappa shape index (κ2) is 7.56. The second-order valence-corrected chi connectivity index (χ2v) is 5.76. The zero-order valence-corrected chi connectivity index (χ0v) is 13.8. The molecule has 2 heterocycles. The Hall–Kier alpha value is -2.93. The summed E-state index contributed by atoms with van der Waals surface area (Å²) in [6.07, 6.45) is 1.55. The number of aromatic amines is 1. The summed E-state index contributed by atoms with van der Waals surface area (Å²) >= 11 is 1.58. The topological polar surface area (TPSA) is 79.4 Å². The van der Waals surface area contributed by atoms with E-state index in [1.807, 2.05) is 48.7 Å². The van der Waals surface area contributed by atoms with Gasteiger partial charge in [0.05, 0.1) is 23.4 Å². The van der Waals surface area contributed by atoms with Gasteiger partial charge in [0.25, 0.3) is 5.91 Å². The number of para-hydroxylation sites is 1. The minimum Gasteiger partial charge on any atom is -0.493 e. The van der Waals surface area contributed by atoms with E-state index in [2.05, 4.69) is 20.7 Å². The SMILES string of the molecule is CCOc1ccccc1/C=N/NC(=O)c1cc(-c2cccs2)[nH]n1. The molecule has 6 nitrogen and oxygen atoms in total. The van der Waals surface area contributed by atoms with E-state index in [1.165, 1.54) is 0 Å². The number of hydrazone groups is 1. The average Bonchev–Trinajstić information content (AvgIpc) is 3.28. The molecule has 0 saturated carbocycles. The molecule has 1 amide bonds. The largest absolute Gasteiger partial charge is 0.493 e. The fourth-order valence-corrected chi connectivity index (χ4v) is 2.78. The molecule has 0 atom stereocenters. The van der Waals surface area contributed by atoms with Crippen LogP contribution in [0, 0.1) is 0 Å². The average molecular weight is 340 g/mol. The van der Waals surface area contributed by atoms with Crippen LogP contribution in [0.4, 0.5) is 0 Å². The van der Waals surface area contributed by atoms with Gasteiger partial charge in [0.2, 0.25) is 0 Å². The minimum atomic E-state index is -0.376. The molecule has 0 unspecified atom stereocenters. The quantitative estimate of drug-likeness (QED) is 0.534. The van der Waals surface area contributed by atoms with E-state index in [4.69, 9.17) is 4.74 Å². The lowest BCUT2D eigenvalue weighted by Gasteiger charge is -2.05. The number of benzene rings is 1. The maximum atomic E-state index is 12.1. The monoisotopic (exact) mass is 340 g/mol. The van der Waals surface area contributed by atoms with E-state index in [1.54, 1.807) is 23.6 Å². The van der Waals surface area contributed by atoms with Crippen molar-refractivity contribution >= 4 is 23.5 Å². The maximum Gasteiger partial charge on any atom is 0.291 e. The summed E-state index contributed by atoms with van der Waals surface area (Å²) in [7, 11) is 0. The molecule has 0 fully saturated rings. The molecule has 1 aromatic carbocycles. The summed E-state index contributed by atoms with van der Waals surface area (Å²) in [6.45, 7) is 2.48. The Kier molecular flexibility index (Phi) is 5.02. The highest BCUT2D eigenvalue weighted by atomic mass is 32.1. The summed E-state index contributed by atoms with van der Waals surface area (Å²) in [5.74, 6) is 0.344. The molecule has 0 aliphatic rings. The molecule has 2 aromatic heterocycles. The van der Waals surface area contributed by atoms with Crippen LogP contribution in [-0.4, -0.2) is 28.9 Å². The zero-order chi connectivity index (χ0) is 16.8. The normalized spacial score (nSPS) is 10.9. The van der Waals surface area contributed by atoms with Gasteiger partial charge >= 0.3 is 0 Å². The predicted molar refractivity (Wildman–Crippen MR) is 94.6 cm³/mol. The smallest absolute Gasteiger partial charge is 0.291 e. The molecule has 0 saturated heterocycles. The van der Waals surface area contributed by atoms with Crippen LogP contribution in [0.1, 0.15) is 23.0 Å². The molecule has 7 heteroatoms. The molecule has 3 rings (SSSR count). The van der Waals surface area contributed by atoms with E-state index in [0.29, 0.717) is 6.61 Å². The Balaban J connectivity index is 1.65. The molecule has 2 N–H and O–H groups in total. The highest BCUT2D eigenvalue weighted by molar-refractivity contribution is 7.13. The number of hydrogen-bond acceptors (Lipinski definition) is 5. The van der Waals surface area contributed by atoms with Crippen LogP contribution in [0.3, 0.4) is 0 Å². The molecule has 0 aliphatic heterocycles. The molecule has 24 heavy (non-hydrogen) atoms.